The van der Waals surface area contributed by atoms with E-state index in [9.17, 15) is 9.18 Å². The zero-order valence-electron chi connectivity index (χ0n) is 13.2. The van der Waals surface area contributed by atoms with Gasteiger partial charge in [0.05, 0.1) is 0 Å². The Morgan fingerprint density at radius 2 is 2.13 bits per heavy atom. The summed E-state index contributed by atoms with van der Waals surface area (Å²) in [6.45, 7) is 2.73. The summed E-state index contributed by atoms with van der Waals surface area (Å²) in [6.07, 6.45) is 4.24. The molecule has 23 heavy (non-hydrogen) atoms. The molecule has 1 amide bonds. The van der Waals surface area contributed by atoms with Crippen LogP contribution in [-0.4, -0.2) is 27.5 Å². The average Bonchev–Trinajstić information content (AvgIpc) is 3.05. The molecule has 5 nitrogen and oxygen atoms in total. The summed E-state index contributed by atoms with van der Waals surface area (Å²) in [4.78, 5) is 18.6. The summed E-state index contributed by atoms with van der Waals surface area (Å²) in [7, 11) is 0. The van der Waals surface area contributed by atoms with E-state index in [-0.39, 0.29) is 17.8 Å². The molecule has 1 aromatic carbocycles. The van der Waals surface area contributed by atoms with Crippen LogP contribution < -0.4 is 0 Å². The first-order chi connectivity index (χ1) is 11.2. The van der Waals surface area contributed by atoms with Gasteiger partial charge in [0.1, 0.15) is 11.9 Å². The Labute approximate surface area is 134 Å². The number of hydrogen-bond donors (Lipinski definition) is 0. The van der Waals surface area contributed by atoms with E-state index in [0.29, 0.717) is 23.7 Å². The van der Waals surface area contributed by atoms with Gasteiger partial charge in [0.2, 0.25) is 17.6 Å². The van der Waals surface area contributed by atoms with E-state index >= 15 is 0 Å². The van der Waals surface area contributed by atoms with Gasteiger partial charge in [0, 0.05) is 18.5 Å². The van der Waals surface area contributed by atoms with Crippen LogP contribution in [0.3, 0.4) is 0 Å². The van der Waals surface area contributed by atoms with Gasteiger partial charge in [0.25, 0.3) is 0 Å². The van der Waals surface area contributed by atoms with Crippen molar-refractivity contribution >= 4 is 5.91 Å². The number of carbonyl (C=O) groups excluding carboxylic acids is 1. The lowest BCUT2D eigenvalue weighted by molar-refractivity contribution is -0.135. The van der Waals surface area contributed by atoms with Crippen molar-refractivity contribution < 1.29 is 13.7 Å². The van der Waals surface area contributed by atoms with Gasteiger partial charge in [0.15, 0.2) is 0 Å². The lowest BCUT2D eigenvalue weighted by Crippen LogP contribution is -2.38. The standard InChI is InChI=1S/C17H20FN3O2/c1-2-5-15(22)21-11-4-3-6-14(21)17-19-16(20-23-17)12-7-9-13(18)10-8-12/h7-10,14H,2-6,11H2,1H3/t14-/m0/s1. The number of aromatic nitrogens is 2. The van der Waals surface area contributed by atoms with E-state index in [1.807, 2.05) is 11.8 Å². The molecule has 0 radical (unpaired) electrons. The minimum absolute atomic E-state index is 0.138. The molecular weight excluding hydrogens is 297 g/mol. The fraction of sp³-hybridized carbons (Fsp3) is 0.471. The van der Waals surface area contributed by atoms with Gasteiger partial charge in [-0.05, 0) is 49.9 Å². The number of halogens is 1. The molecule has 0 saturated carbocycles. The van der Waals surface area contributed by atoms with Crippen LogP contribution in [0.2, 0.25) is 0 Å². The maximum Gasteiger partial charge on any atom is 0.249 e. The Morgan fingerprint density at radius 3 is 2.87 bits per heavy atom. The first kappa shape index (κ1) is 15.6. The van der Waals surface area contributed by atoms with Crippen molar-refractivity contribution in [2.24, 2.45) is 0 Å². The van der Waals surface area contributed by atoms with Crippen LogP contribution >= 0.6 is 0 Å². The van der Waals surface area contributed by atoms with Crippen LogP contribution in [0.1, 0.15) is 51.0 Å². The molecule has 122 valence electrons. The predicted molar refractivity (Wildman–Crippen MR) is 82.9 cm³/mol. The largest absolute Gasteiger partial charge is 0.337 e. The topological polar surface area (TPSA) is 59.2 Å². The molecule has 2 heterocycles. The molecule has 0 spiro atoms. The summed E-state index contributed by atoms with van der Waals surface area (Å²) in [5, 5.41) is 3.98. The number of likely N-dealkylation sites (tertiary alicyclic amines) is 1. The molecule has 1 aliphatic rings. The Kier molecular flexibility index (Phi) is 4.69. The first-order valence-electron chi connectivity index (χ1n) is 8.08. The maximum atomic E-state index is 13.0. The SMILES string of the molecule is CCCC(=O)N1CCCC[C@H]1c1nc(-c2ccc(F)cc2)no1. The summed E-state index contributed by atoms with van der Waals surface area (Å²) in [5.41, 5.74) is 0.698. The van der Waals surface area contributed by atoms with Crippen molar-refractivity contribution in [3.63, 3.8) is 0 Å². The van der Waals surface area contributed by atoms with Crippen LogP contribution in [0, 0.1) is 5.82 Å². The minimum Gasteiger partial charge on any atom is -0.337 e. The molecule has 1 aromatic heterocycles. The normalized spacial score (nSPS) is 18.2. The van der Waals surface area contributed by atoms with Gasteiger partial charge < -0.3 is 9.42 Å². The lowest BCUT2D eigenvalue weighted by Gasteiger charge is -2.33. The molecule has 1 aliphatic heterocycles. The van der Waals surface area contributed by atoms with Crippen molar-refractivity contribution in [3.05, 3.63) is 36.0 Å². The Bertz CT molecular complexity index is 669. The Hall–Kier alpha value is -2.24. The molecular formula is C17H20FN3O2. The maximum absolute atomic E-state index is 13.0. The van der Waals surface area contributed by atoms with E-state index in [1.54, 1.807) is 12.1 Å². The number of carbonyl (C=O) groups is 1. The zero-order chi connectivity index (χ0) is 16.2. The van der Waals surface area contributed by atoms with Crippen LogP contribution in [-0.2, 0) is 4.79 Å². The van der Waals surface area contributed by atoms with E-state index in [4.69, 9.17) is 4.52 Å². The Balaban J connectivity index is 1.82. The number of amides is 1. The van der Waals surface area contributed by atoms with E-state index in [0.717, 1.165) is 32.2 Å². The summed E-state index contributed by atoms with van der Waals surface area (Å²) >= 11 is 0. The van der Waals surface area contributed by atoms with Crippen LogP contribution in [0.4, 0.5) is 4.39 Å². The molecule has 6 heteroatoms. The summed E-state index contributed by atoms with van der Waals surface area (Å²) in [6, 6.07) is 5.81. The van der Waals surface area contributed by atoms with E-state index in [1.165, 1.54) is 12.1 Å². The van der Waals surface area contributed by atoms with Gasteiger partial charge in [-0.15, -0.1) is 0 Å². The quantitative estimate of drug-likeness (QED) is 0.862. The fourth-order valence-electron chi connectivity index (χ4n) is 2.93. The van der Waals surface area contributed by atoms with Gasteiger partial charge in [-0.1, -0.05) is 12.1 Å². The van der Waals surface area contributed by atoms with Gasteiger partial charge >= 0.3 is 0 Å². The third-order valence-corrected chi connectivity index (χ3v) is 4.12. The van der Waals surface area contributed by atoms with Crippen LogP contribution in [0.15, 0.2) is 28.8 Å². The van der Waals surface area contributed by atoms with Crippen molar-refractivity contribution in [2.75, 3.05) is 6.54 Å². The van der Waals surface area contributed by atoms with Gasteiger partial charge in [-0.25, -0.2) is 4.39 Å². The molecule has 0 aliphatic carbocycles. The highest BCUT2D eigenvalue weighted by Crippen LogP contribution is 2.31. The third kappa shape index (κ3) is 3.41. The highest BCUT2D eigenvalue weighted by atomic mass is 19.1. The predicted octanol–water partition coefficient (Wildman–Crippen LogP) is 3.73. The van der Waals surface area contributed by atoms with Crippen molar-refractivity contribution in [1.29, 1.82) is 0 Å². The lowest BCUT2D eigenvalue weighted by atomic mass is 10.0. The summed E-state index contributed by atoms with van der Waals surface area (Å²) < 4.78 is 18.4. The molecule has 1 atom stereocenters. The van der Waals surface area contributed by atoms with Gasteiger partial charge in [-0.3, -0.25) is 4.79 Å². The average molecular weight is 317 g/mol. The van der Waals surface area contributed by atoms with Gasteiger partial charge in [-0.2, -0.15) is 4.98 Å². The van der Waals surface area contributed by atoms with Crippen LogP contribution in [0.5, 0.6) is 0 Å². The second-order valence-electron chi connectivity index (χ2n) is 5.81. The number of benzene rings is 1. The summed E-state index contributed by atoms with van der Waals surface area (Å²) in [5.74, 6) is 0.724. The molecule has 0 unspecified atom stereocenters. The molecule has 1 fully saturated rings. The highest BCUT2D eigenvalue weighted by molar-refractivity contribution is 5.76. The number of piperidine rings is 1. The molecule has 0 N–H and O–H groups in total. The fourth-order valence-corrected chi connectivity index (χ4v) is 2.93. The second kappa shape index (κ2) is 6.89. The smallest absolute Gasteiger partial charge is 0.249 e. The molecule has 1 saturated heterocycles. The molecule has 0 bridgehead atoms. The monoisotopic (exact) mass is 317 g/mol. The number of rotatable bonds is 4. The van der Waals surface area contributed by atoms with Crippen molar-refractivity contribution in [3.8, 4) is 11.4 Å². The Morgan fingerprint density at radius 1 is 1.35 bits per heavy atom. The molecule has 2 aromatic rings. The highest BCUT2D eigenvalue weighted by Gasteiger charge is 2.31. The van der Waals surface area contributed by atoms with E-state index < -0.39 is 0 Å². The second-order valence-corrected chi connectivity index (χ2v) is 5.81. The number of hydrogen-bond acceptors (Lipinski definition) is 4. The third-order valence-electron chi connectivity index (χ3n) is 4.12. The van der Waals surface area contributed by atoms with Crippen molar-refractivity contribution in [1.82, 2.24) is 15.0 Å². The molecule has 3 rings (SSSR count). The number of nitrogens with zero attached hydrogens (tertiary/aromatic N) is 3. The van der Waals surface area contributed by atoms with Crippen LogP contribution in [0.25, 0.3) is 11.4 Å². The van der Waals surface area contributed by atoms with Crippen molar-refractivity contribution in [2.45, 2.75) is 45.1 Å². The minimum atomic E-state index is -0.305. The van der Waals surface area contributed by atoms with E-state index in [2.05, 4.69) is 10.1 Å². The first-order valence-corrected chi connectivity index (χ1v) is 8.08. The zero-order valence-corrected chi connectivity index (χ0v) is 13.2.